The molecular formula is C11H23Si. The van der Waals surface area contributed by atoms with E-state index < -0.39 is 0 Å². The Balaban J connectivity index is 4.06. The van der Waals surface area contributed by atoms with Gasteiger partial charge in [0.2, 0.25) is 0 Å². The molecule has 0 amide bonds. The van der Waals surface area contributed by atoms with E-state index in [0.29, 0.717) is 0 Å². The van der Waals surface area contributed by atoms with Crippen molar-refractivity contribution in [1.29, 1.82) is 0 Å². The molecule has 1 heteroatoms. The third-order valence-electron chi connectivity index (χ3n) is 2.23. The van der Waals surface area contributed by atoms with Crippen LogP contribution in [0.25, 0.3) is 0 Å². The van der Waals surface area contributed by atoms with Crippen molar-refractivity contribution in [2.45, 2.75) is 58.7 Å². The van der Waals surface area contributed by atoms with Crippen LogP contribution in [-0.2, 0) is 0 Å². The molecule has 0 aliphatic heterocycles. The van der Waals surface area contributed by atoms with E-state index in [-0.39, 0.29) is 8.80 Å². The Morgan fingerprint density at radius 2 is 1.50 bits per heavy atom. The van der Waals surface area contributed by atoms with Crippen molar-refractivity contribution in [3.05, 3.63) is 11.6 Å². The zero-order valence-corrected chi connectivity index (χ0v) is 10.4. The summed E-state index contributed by atoms with van der Waals surface area (Å²) in [5.41, 5.74) is 3.29. The minimum Gasteiger partial charge on any atom is -0.0887 e. The molecule has 0 atom stereocenters. The first kappa shape index (κ1) is 12.0. The first-order valence-corrected chi connectivity index (χ1v) is 6.80. The third kappa shape index (κ3) is 4.76. The van der Waals surface area contributed by atoms with Crippen LogP contribution in [0.4, 0.5) is 0 Å². The van der Waals surface area contributed by atoms with Gasteiger partial charge in [0.05, 0.1) is 8.80 Å². The third-order valence-corrected chi connectivity index (χ3v) is 5.87. The van der Waals surface area contributed by atoms with Gasteiger partial charge >= 0.3 is 0 Å². The molecule has 0 heterocycles. The average Bonchev–Trinajstić information content (AvgIpc) is 1.84. The van der Waals surface area contributed by atoms with Gasteiger partial charge in [-0.15, -0.1) is 0 Å². The van der Waals surface area contributed by atoms with Gasteiger partial charge in [0.25, 0.3) is 0 Å². The van der Waals surface area contributed by atoms with E-state index in [1.807, 2.05) is 0 Å². The molecule has 0 saturated carbocycles. The van der Waals surface area contributed by atoms with Crippen molar-refractivity contribution >= 4 is 8.80 Å². The van der Waals surface area contributed by atoms with E-state index in [9.17, 15) is 0 Å². The quantitative estimate of drug-likeness (QED) is 0.451. The summed E-state index contributed by atoms with van der Waals surface area (Å²) in [6, 6.07) is 1.35. The summed E-state index contributed by atoms with van der Waals surface area (Å²) in [5.74, 6) is 0. The highest BCUT2D eigenvalue weighted by Crippen LogP contribution is 2.24. The van der Waals surface area contributed by atoms with Gasteiger partial charge in [0.15, 0.2) is 0 Å². The molecule has 0 aliphatic carbocycles. The Labute approximate surface area is 79.7 Å². The molecule has 0 saturated heterocycles. The molecule has 71 valence electrons. The minimum absolute atomic E-state index is 0.150. The second kappa shape index (κ2) is 5.58. The maximum atomic E-state index is 2.41. The Hall–Kier alpha value is -0.0431. The molecule has 0 spiro atoms. The zero-order chi connectivity index (χ0) is 9.72. The summed E-state index contributed by atoms with van der Waals surface area (Å²) in [7, 11) is -0.150. The van der Waals surface area contributed by atoms with Gasteiger partial charge < -0.3 is 0 Å². The molecule has 0 bridgehead atoms. The highest BCUT2D eigenvalue weighted by molar-refractivity contribution is 6.62. The summed E-state index contributed by atoms with van der Waals surface area (Å²) < 4.78 is 0. The number of allylic oxidation sites excluding steroid dienone is 2. The van der Waals surface area contributed by atoms with Crippen LogP contribution in [0.15, 0.2) is 11.6 Å². The largest absolute Gasteiger partial charge is 0.0887 e. The van der Waals surface area contributed by atoms with Gasteiger partial charge in [0, 0.05) is 0 Å². The molecule has 1 radical (unpaired) electrons. The van der Waals surface area contributed by atoms with Crippen molar-refractivity contribution in [2.75, 3.05) is 0 Å². The fraction of sp³-hybridized carbons (Fsp3) is 0.818. The van der Waals surface area contributed by atoms with E-state index in [0.717, 1.165) is 11.1 Å². The van der Waals surface area contributed by atoms with Gasteiger partial charge in [-0.25, -0.2) is 0 Å². The minimum atomic E-state index is -0.150. The predicted octanol–water partition coefficient (Wildman–Crippen LogP) is 4.27. The summed E-state index contributed by atoms with van der Waals surface area (Å²) >= 11 is 0. The van der Waals surface area contributed by atoms with Crippen molar-refractivity contribution in [3.8, 4) is 0 Å². The number of rotatable bonds is 4. The van der Waals surface area contributed by atoms with Crippen LogP contribution in [-0.4, -0.2) is 8.80 Å². The Bertz CT molecular complexity index is 133. The van der Waals surface area contributed by atoms with Crippen LogP contribution in [0.5, 0.6) is 0 Å². The van der Waals surface area contributed by atoms with Crippen LogP contribution >= 0.6 is 0 Å². The fourth-order valence-corrected chi connectivity index (χ4v) is 4.38. The average molecular weight is 183 g/mol. The lowest BCUT2D eigenvalue weighted by Crippen LogP contribution is -2.19. The first-order chi connectivity index (χ1) is 5.45. The van der Waals surface area contributed by atoms with Crippen molar-refractivity contribution in [2.24, 2.45) is 0 Å². The molecule has 0 N–H and O–H groups in total. The second-order valence-corrected chi connectivity index (χ2v) is 8.24. The topological polar surface area (TPSA) is 0 Å². The summed E-state index contributed by atoms with van der Waals surface area (Å²) in [5, 5.41) is 0. The van der Waals surface area contributed by atoms with Crippen LogP contribution in [0.1, 0.15) is 41.5 Å². The Morgan fingerprint density at radius 3 is 1.75 bits per heavy atom. The summed E-state index contributed by atoms with van der Waals surface area (Å²) in [6.45, 7) is 13.9. The maximum absolute atomic E-state index is 2.41. The van der Waals surface area contributed by atoms with Crippen molar-refractivity contribution in [1.82, 2.24) is 0 Å². The van der Waals surface area contributed by atoms with E-state index in [4.69, 9.17) is 0 Å². The SMILES string of the molecule is CC(C)=CC[Si](C(C)C)C(C)C. The second-order valence-electron chi connectivity index (χ2n) is 4.37. The first-order valence-electron chi connectivity index (χ1n) is 4.94. The van der Waals surface area contributed by atoms with Gasteiger partial charge in [-0.1, -0.05) is 50.4 Å². The molecule has 12 heavy (non-hydrogen) atoms. The molecular weight excluding hydrogens is 160 g/mol. The molecule has 0 rings (SSSR count). The zero-order valence-electron chi connectivity index (χ0n) is 9.44. The highest BCUT2D eigenvalue weighted by atomic mass is 28.3. The summed E-state index contributed by atoms with van der Waals surface area (Å²) in [6.07, 6.45) is 2.41. The van der Waals surface area contributed by atoms with Gasteiger partial charge in [-0.05, 0) is 19.9 Å². The fourth-order valence-electron chi connectivity index (χ4n) is 1.46. The van der Waals surface area contributed by atoms with Crippen LogP contribution in [0, 0.1) is 0 Å². The Kier molecular flexibility index (Phi) is 5.56. The smallest absolute Gasteiger partial charge is 0.0574 e. The van der Waals surface area contributed by atoms with Crippen LogP contribution < -0.4 is 0 Å². The molecule has 0 aromatic carbocycles. The lowest BCUT2D eigenvalue weighted by molar-refractivity contribution is 0.931. The van der Waals surface area contributed by atoms with E-state index in [1.54, 1.807) is 0 Å². The highest BCUT2D eigenvalue weighted by Gasteiger charge is 2.17. The monoisotopic (exact) mass is 183 g/mol. The van der Waals surface area contributed by atoms with Gasteiger partial charge in [0.1, 0.15) is 0 Å². The van der Waals surface area contributed by atoms with Gasteiger partial charge in [-0.2, -0.15) is 0 Å². The lowest BCUT2D eigenvalue weighted by Gasteiger charge is -2.21. The molecule has 0 unspecified atom stereocenters. The van der Waals surface area contributed by atoms with E-state index in [1.165, 1.54) is 11.6 Å². The van der Waals surface area contributed by atoms with Crippen molar-refractivity contribution in [3.63, 3.8) is 0 Å². The number of hydrogen-bond donors (Lipinski definition) is 0. The maximum Gasteiger partial charge on any atom is 0.0574 e. The standard InChI is InChI=1S/C11H23Si/c1-9(2)7-8-12(10(3)4)11(5)6/h7,10-11H,8H2,1-6H3. The van der Waals surface area contributed by atoms with Crippen LogP contribution in [0.2, 0.25) is 17.1 Å². The van der Waals surface area contributed by atoms with Crippen molar-refractivity contribution < 1.29 is 0 Å². The molecule has 0 aromatic heterocycles. The molecule has 0 fully saturated rings. The molecule has 0 aromatic rings. The predicted molar refractivity (Wildman–Crippen MR) is 60.2 cm³/mol. The van der Waals surface area contributed by atoms with E-state index in [2.05, 4.69) is 47.6 Å². The normalized spacial score (nSPS) is 11.4. The lowest BCUT2D eigenvalue weighted by atomic mass is 10.3. The van der Waals surface area contributed by atoms with E-state index >= 15 is 0 Å². The molecule has 0 nitrogen and oxygen atoms in total. The Morgan fingerprint density at radius 1 is 1.08 bits per heavy atom. The van der Waals surface area contributed by atoms with Gasteiger partial charge in [-0.3, -0.25) is 0 Å². The summed E-state index contributed by atoms with van der Waals surface area (Å²) in [4.78, 5) is 0. The van der Waals surface area contributed by atoms with Crippen LogP contribution in [0.3, 0.4) is 0 Å². The number of hydrogen-bond acceptors (Lipinski definition) is 0. The molecule has 0 aliphatic rings.